The molecule has 3 heterocycles. The molecule has 0 unspecified atom stereocenters. The van der Waals surface area contributed by atoms with Crippen LogP contribution in [0.3, 0.4) is 0 Å². The van der Waals surface area contributed by atoms with Crippen LogP contribution in [-0.2, 0) is 4.79 Å². The van der Waals surface area contributed by atoms with Gasteiger partial charge in [-0.25, -0.2) is 4.39 Å². The molecule has 8 heteroatoms. The zero-order valence-electron chi connectivity index (χ0n) is 15.1. The number of amides is 2. The molecule has 2 aromatic carbocycles. The second kappa shape index (κ2) is 6.69. The van der Waals surface area contributed by atoms with Crippen molar-refractivity contribution >= 4 is 56.4 Å². The number of carbonyl (C=O) groups excluding carboxylic acids is 2. The van der Waals surface area contributed by atoms with E-state index in [0.717, 1.165) is 27.6 Å². The predicted octanol–water partition coefficient (Wildman–Crippen LogP) is 5.12. The highest BCUT2D eigenvalue weighted by Gasteiger charge is 2.49. The number of nitrogens with one attached hydrogen (secondary N) is 1. The molecule has 1 aromatic heterocycles. The minimum Gasteiger partial charge on any atom is -0.347 e. The van der Waals surface area contributed by atoms with E-state index in [0.29, 0.717) is 29.4 Å². The number of fused-ring (bicyclic) bond motifs is 1. The highest BCUT2D eigenvalue weighted by molar-refractivity contribution is 7.21. The summed E-state index contributed by atoms with van der Waals surface area (Å²) in [6, 6.07) is 10.3. The lowest BCUT2D eigenvalue weighted by atomic mass is 9.88. The summed E-state index contributed by atoms with van der Waals surface area (Å²) >= 11 is 13.8. The van der Waals surface area contributed by atoms with Gasteiger partial charge in [0.2, 0.25) is 5.91 Å². The molecule has 2 aliphatic heterocycles. The highest BCUT2D eigenvalue weighted by atomic mass is 35.5. The minimum absolute atomic E-state index is 0.0467. The Morgan fingerprint density at radius 2 is 1.86 bits per heavy atom. The average Bonchev–Trinajstić information content (AvgIpc) is 3.22. The monoisotopic (exact) mass is 448 g/mol. The first-order valence-electron chi connectivity index (χ1n) is 9.13. The highest BCUT2D eigenvalue weighted by Crippen LogP contribution is 2.40. The number of rotatable bonds is 2. The summed E-state index contributed by atoms with van der Waals surface area (Å²) in [4.78, 5) is 26.7. The van der Waals surface area contributed by atoms with Gasteiger partial charge in [-0.05, 0) is 35.7 Å². The quantitative estimate of drug-likeness (QED) is 0.591. The van der Waals surface area contributed by atoms with Crippen molar-refractivity contribution in [3.8, 4) is 11.1 Å². The molecule has 0 atom stereocenters. The number of thiophene rings is 1. The Labute approximate surface area is 180 Å². The Morgan fingerprint density at radius 1 is 1.14 bits per heavy atom. The van der Waals surface area contributed by atoms with Crippen molar-refractivity contribution in [3.05, 3.63) is 57.1 Å². The van der Waals surface area contributed by atoms with Gasteiger partial charge >= 0.3 is 0 Å². The van der Waals surface area contributed by atoms with Crippen LogP contribution in [-0.4, -0.2) is 35.3 Å². The number of hydrogen-bond donors (Lipinski definition) is 1. The van der Waals surface area contributed by atoms with Crippen molar-refractivity contribution in [3.63, 3.8) is 0 Å². The van der Waals surface area contributed by atoms with Gasteiger partial charge in [0, 0.05) is 29.6 Å². The van der Waals surface area contributed by atoms with E-state index >= 15 is 0 Å². The van der Waals surface area contributed by atoms with Crippen molar-refractivity contribution < 1.29 is 14.0 Å². The molecule has 2 fully saturated rings. The van der Waals surface area contributed by atoms with E-state index in [1.165, 1.54) is 17.4 Å². The first kappa shape index (κ1) is 18.9. The summed E-state index contributed by atoms with van der Waals surface area (Å²) in [6.45, 7) is 1.03. The first-order chi connectivity index (χ1) is 13.8. The molecular formula is C21H15Cl2FN2O2S. The van der Waals surface area contributed by atoms with Crippen molar-refractivity contribution in [2.45, 2.75) is 18.4 Å². The second-order valence-electron chi connectivity index (χ2n) is 7.57. The van der Waals surface area contributed by atoms with E-state index in [2.05, 4.69) is 5.32 Å². The van der Waals surface area contributed by atoms with Gasteiger partial charge in [0.15, 0.2) is 0 Å². The number of benzene rings is 2. The van der Waals surface area contributed by atoms with E-state index in [1.54, 1.807) is 17.0 Å². The molecule has 0 saturated carbocycles. The van der Waals surface area contributed by atoms with Crippen LogP contribution in [0.5, 0.6) is 0 Å². The smallest absolute Gasteiger partial charge is 0.265 e. The van der Waals surface area contributed by atoms with Gasteiger partial charge < -0.3 is 10.2 Å². The van der Waals surface area contributed by atoms with Gasteiger partial charge in [-0.15, -0.1) is 11.3 Å². The number of nitrogens with zero attached hydrogens (tertiary/aromatic N) is 1. The van der Waals surface area contributed by atoms with Crippen LogP contribution in [0.15, 0.2) is 36.4 Å². The van der Waals surface area contributed by atoms with Crippen molar-refractivity contribution in [2.75, 3.05) is 13.1 Å². The molecule has 29 heavy (non-hydrogen) atoms. The Kier molecular flexibility index (Phi) is 4.35. The SMILES string of the molecule is O=C1CCC2(CN(C(=O)c3sc4cc(-c5ccc(F)c(Cl)c5)ccc4c3Cl)C2)N1. The molecule has 0 radical (unpaired) electrons. The molecule has 0 aliphatic carbocycles. The van der Waals surface area contributed by atoms with Crippen molar-refractivity contribution in [1.82, 2.24) is 10.2 Å². The average molecular weight is 449 g/mol. The van der Waals surface area contributed by atoms with Crippen LogP contribution in [0, 0.1) is 5.82 Å². The number of hydrogen-bond acceptors (Lipinski definition) is 3. The van der Waals surface area contributed by atoms with Gasteiger partial charge in [-0.2, -0.15) is 0 Å². The number of carbonyl (C=O) groups is 2. The van der Waals surface area contributed by atoms with Gasteiger partial charge in [0.25, 0.3) is 5.91 Å². The van der Waals surface area contributed by atoms with Crippen molar-refractivity contribution in [2.24, 2.45) is 0 Å². The van der Waals surface area contributed by atoms with Gasteiger partial charge in [-0.3, -0.25) is 9.59 Å². The summed E-state index contributed by atoms with van der Waals surface area (Å²) in [7, 11) is 0. The fourth-order valence-corrected chi connectivity index (χ4v) is 5.74. The normalized spacial score (nSPS) is 17.6. The molecule has 5 rings (SSSR count). The summed E-state index contributed by atoms with van der Waals surface area (Å²) in [5.74, 6) is -0.533. The zero-order chi connectivity index (χ0) is 20.3. The topological polar surface area (TPSA) is 49.4 Å². The van der Waals surface area contributed by atoms with E-state index in [1.807, 2.05) is 18.2 Å². The van der Waals surface area contributed by atoms with E-state index in [9.17, 15) is 14.0 Å². The van der Waals surface area contributed by atoms with E-state index in [4.69, 9.17) is 23.2 Å². The lowest BCUT2D eigenvalue weighted by molar-refractivity contribution is -0.120. The van der Waals surface area contributed by atoms with Crippen LogP contribution in [0.25, 0.3) is 21.2 Å². The molecule has 2 amide bonds. The lowest BCUT2D eigenvalue weighted by Gasteiger charge is -2.47. The maximum absolute atomic E-state index is 13.4. The third-order valence-electron chi connectivity index (χ3n) is 5.59. The van der Waals surface area contributed by atoms with Gasteiger partial charge in [0.1, 0.15) is 10.7 Å². The molecule has 0 bridgehead atoms. The van der Waals surface area contributed by atoms with Crippen LogP contribution >= 0.6 is 34.5 Å². The summed E-state index contributed by atoms with van der Waals surface area (Å²) in [5, 5.41) is 4.29. The molecule has 2 saturated heterocycles. The minimum atomic E-state index is -0.464. The predicted molar refractivity (Wildman–Crippen MR) is 113 cm³/mol. The Balaban J connectivity index is 1.43. The fraction of sp³-hybridized carbons (Fsp3) is 0.238. The van der Waals surface area contributed by atoms with E-state index in [-0.39, 0.29) is 22.4 Å². The summed E-state index contributed by atoms with van der Waals surface area (Å²) < 4.78 is 14.3. The summed E-state index contributed by atoms with van der Waals surface area (Å²) in [5.41, 5.74) is 1.40. The van der Waals surface area contributed by atoms with E-state index < -0.39 is 5.82 Å². The third kappa shape index (κ3) is 3.10. The van der Waals surface area contributed by atoms with Crippen molar-refractivity contribution in [1.29, 1.82) is 0 Å². The Morgan fingerprint density at radius 3 is 2.55 bits per heavy atom. The molecule has 1 spiro atoms. The zero-order valence-corrected chi connectivity index (χ0v) is 17.4. The first-order valence-corrected chi connectivity index (χ1v) is 10.7. The largest absolute Gasteiger partial charge is 0.347 e. The Bertz CT molecular complexity index is 1190. The fourth-order valence-electron chi connectivity index (χ4n) is 4.04. The molecule has 4 nitrogen and oxygen atoms in total. The molecule has 148 valence electrons. The molecule has 1 N–H and O–H groups in total. The van der Waals surface area contributed by atoms with Crippen LogP contribution in [0.2, 0.25) is 10.0 Å². The second-order valence-corrected chi connectivity index (χ2v) is 9.41. The molecule has 2 aliphatic rings. The maximum Gasteiger partial charge on any atom is 0.265 e. The van der Waals surface area contributed by atoms with Crippen LogP contribution in [0.1, 0.15) is 22.5 Å². The Hall–Kier alpha value is -2.15. The standard InChI is InChI=1S/C21H15Cl2FN2O2S/c22-14-7-11(2-4-15(14)24)12-1-3-13-16(8-12)29-19(18(13)23)20(28)26-9-21(10-26)6-5-17(27)25-21/h1-4,7-8H,5-6,9-10H2,(H,25,27). The molecular weight excluding hydrogens is 434 g/mol. The maximum atomic E-state index is 13.4. The number of likely N-dealkylation sites (tertiary alicyclic amines) is 1. The molecule has 3 aromatic rings. The van der Waals surface area contributed by atoms with Crippen LogP contribution in [0.4, 0.5) is 4.39 Å². The lowest BCUT2D eigenvalue weighted by Crippen LogP contribution is -2.68. The summed E-state index contributed by atoms with van der Waals surface area (Å²) in [6.07, 6.45) is 1.28. The van der Waals surface area contributed by atoms with Gasteiger partial charge in [-0.1, -0.05) is 41.4 Å². The third-order valence-corrected chi connectivity index (χ3v) is 7.52. The van der Waals surface area contributed by atoms with Crippen LogP contribution < -0.4 is 5.32 Å². The van der Waals surface area contributed by atoms with Gasteiger partial charge in [0.05, 0.1) is 15.6 Å². The number of halogens is 3.